The van der Waals surface area contributed by atoms with Gasteiger partial charge in [-0.1, -0.05) is 35.5 Å². The lowest BCUT2D eigenvalue weighted by Crippen LogP contribution is -2.30. The highest BCUT2D eigenvalue weighted by Crippen LogP contribution is 2.15. The minimum atomic E-state index is -1.04. The maximum Gasteiger partial charge on any atom is 0.404 e. The summed E-state index contributed by atoms with van der Waals surface area (Å²) in [5.41, 5.74) is 1.87. The summed E-state index contributed by atoms with van der Waals surface area (Å²) in [5, 5.41) is 14.7. The molecule has 5 nitrogen and oxygen atoms in total. The van der Waals surface area contributed by atoms with Crippen LogP contribution in [0.4, 0.5) is 4.79 Å². The summed E-state index contributed by atoms with van der Waals surface area (Å²) in [6.45, 7) is 0.259. The van der Waals surface area contributed by atoms with Crippen LogP contribution in [0.1, 0.15) is 12.0 Å². The molecule has 1 heterocycles. The van der Waals surface area contributed by atoms with E-state index in [1.54, 1.807) is 0 Å². The first-order valence-electron chi connectivity index (χ1n) is 5.00. The minimum absolute atomic E-state index is 0.202. The molecule has 0 fully saturated rings. The third-order valence-electron chi connectivity index (χ3n) is 2.32. The summed E-state index contributed by atoms with van der Waals surface area (Å²) < 4.78 is 0. The van der Waals surface area contributed by atoms with Crippen LogP contribution in [0.5, 0.6) is 0 Å². The van der Waals surface area contributed by atoms with Gasteiger partial charge in [0, 0.05) is 6.42 Å². The number of rotatable bonds is 3. The van der Waals surface area contributed by atoms with Crippen LogP contribution < -0.4 is 5.32 Å². The molecule has 0 aromatic heterocycles. The lowest BCUT2D eigenvalue weighted by Gasteiger charge is -2.06. The summed E-state index contributed by atoms with van der Waals surface area (Å²) in [5.74, 6) is 0. The van der Waals surface area contributed by atoms with Crippen LogP contribution in [-0.2, 0) is 4.84 Å². The summed E-state index contributed by atoms with van der Waals surface area (Å²) in [7, 11) is 0. The Bertz CT molecular complexity index is 403. The highest BCUT2D eigenvalue weighted by molar-refractivity contribution is 6.01. The number of amides is 1. The predicted octanol–water partition coefficient (Wildman–Crippen LogP) is 1.45. The normalized spacial score (nSPS) is 18.8. The minimum Gasteiger partial charge on any atom is -0.465 e. The number of benzene rings is 1. The molecule has 1 aromatic carbocycles. The third-order valence-corrected chi connectivity index (χ3v) is 2.32. The molecular weight excluding hydrogens is 208 g/mol. The molecule has 16 heavy (non-hydrogen) atoms. The molecule has 2 rings (SSSR count). The van der Waals surface area contributed by atoms with E-state index >= 15 is 0 Å². The fourth-order valence-corrected chi connectivity index (χ4v) is 1.54. The van der Waals surface area contributed by atoms with Gasteiger partial charge in [0.2, 0.25) is 0 Å². The first-order valence-corrected chi connectivity index (χ1v) is 5.00. The number of nitrogens with one attached hydrogen (secondary N) is 1. The maximum absolute atomic E-state index is 10.3. The predicted molar refractivity (Wildman–Crippen MR) is 58.5 cm³/mol. The highest BCUT2D eigenvalue weighted by atomic mass is 16.6. The molecule has 1 unspecified atom stereocenters. The average molecular weight is 220 g/mol. The van der Waals surface area contributed by atoms with Crippen LogP contribution >= 0.6 is 0 Å². The Kier molecular flexibility index (Phi) is 3.05. The molecule has 0 bridgehead atoms. The average Bonchev–Trinajstić information content (AvgIpc) is 2.76. The molecule has 5 heteroatoms. The lowest BCUT2D eigenvalue weighted by molar-refractivity contribution is 0.0841. The van der Waals surface area contributed by atoms with Gasteiger partial charge in [0.1, 0.15) is 0 Å². The van der Waals surface area contributed by atoms with Gasteiger partial charge in [0.25, 0.3) is 0 Å². The Balaban J connectivity index is 1.90. The smallest absolute Gasteiger partial charge is 0.404 e. The number of nitrogens with zero attached hydrogens (tertiary/aromatic N) is 1. The van der Waals surface area contributed by atoms with E-state index < -0.39 is 6.09 Å². The molecule has 84 valence electrons. The Morgan fingerprint density at radius 2 is 2.25 bits per heavy atom. The molecule has 1 aromatic rings. The van der Waals surface area contributed by atoms with E-state index in [9.17, 15) is 4.79 Å². The summed E-state index contributed by atoms with van der Waals surface area (Å²) in [4.78, 5) is 15.4. The summed E-state index contributed by atoms with van der Waals surface area (Å²) in [6, 6.07) is 9.70. The number of carboxylic acid groups (broad SMARTS) is 1. The van der Waals surface area contributed by atoms with Crippen LogP contribution in [0.2, 0.25) is 0 Å². The molecule has 1 atom stereocenters. The molecule has 2 N–H and O–H groups in total. The van der Waals surface area contributed by atoms with Gasteiger partial charge in [-0.05, 0) is 5.56 Å². The molecule has 1 aliphatic rings. The van der Waals surface area contributed by atoms with Gasteiger partial charge in [-0.3, -0.25) is 0 Å². The van der Waals surface area contributed by atoms with Gasteiger partial charge in [-0.2, -0.15) is 0 Å². The van der Waals surface area contributed by atoms with Crippen molar-refractivity contribution in [1.82, 2.24) is 5.32 Å². The van der Waals surface area contributed by atoms with Crippen LogP contribution in [0, 0.1) is 0 Å². The number of hydrogen-bond acceptors (Lipinski definition) is 3. The van der Waals surface area contributed by atoms with Gasteiger partial charge in [-0.15, -0.1) is 0 Å². The monoisotopic (exact) mass is 220 g/mol. The summed E-state index contributed by atoms with van der Waals surface area (Å²) in [6.07, 6.45) is -0.618. The second-order valence-electron chi connectivity index (χ2n) is 3.52. The standard InChI is InChI=1S/C11H12N2O3/c14-11(15)12-7-9-6-10(13-16-9)8-4-2-1-3-5-8/h1-5,9,12H,6-7H2,(H,14,15). The Hall–Kier alpha value is -2.04. The van der Waals surface area contributed by atoms with E-state index in [2.05, 4.69) is 10.5 Å². The quantitative estimate of drug-likeness (QED) is 0.809. The zero-order valence-corrected chi connectivity index (χ0v) is 8.59. The van der Waals surface area contributed by atoms with Gasteiger partial charge >= 0.3 is 6.09 Å². The fourth-order valence-electron chi connectivity index (χ4n) is 1.54. The maximum atomic E-state index is 10.3. The van der Waals surface area contributed by atoms with E-state index in [0.29, 0.717) is 6.42 Å². The van der Waals surface area contributed by atoms with Crippen molar-refractivity contribution in [2.75, 3.05) is 6.54 Å². The Morgan fingerprint density at radius 1 is 1.50 bits per heavy atom. The zero-order chi connectivity index (χ0) is 11.4. The molecule has 0 saturated heterocycles. The van der Waals surface area contributed by atoms with Crippen LogP contribution in [0.25, 0.3) is 0 Å². The molecular formula is C11H12N2O3. The molecule has 0 spiro atoms. The van der Waals surface area contributed by atoms with Gasteiger partial charge in [-0.25, -0.2) is 4.79 Å². The van der Waals surface area contributed by atoms with Crippen molar-refractivity contribution < 1.29 is 14.7 Å². The largest absolute Gasteiger partial charge is 0.465 e. The van der Waals surface area contributed by atoms with Gasteiger partial charge < -0.3 is 15.3 Å². The van der Waals surface area contributed by atoms with Crippen molar-refractivity contribution in [2.24, 2.45) is 5.16 Å². The Labute approximate surface area is 92.7 Å². The van der Waals surface area contributed by atoms with Crippen molar-refractivity contribution in [2.45, 2.75) is 12.5 Å². The second kappa shape index (κ2) is 4.65. The second-order valence-corrected chi connectivity index (χ2v) is 3.52. The van der Waals surface area contributed by atoms with E-state index in [1.165, 1.54) is 0 Å². The van der Waals surface area contributed by atoms with Crippen LogP contribution in [0.15, 0.2) is 35.5 Å². The first kappa shape index (κ1) is 10.5. The number of oxime groups is 1. The van der Waals surface area contributed by atoms with Crippen LogP contribution in [0.3, 0.4) is 0 Å². The highest BCUT2D eigenvalue weighted by Gasteiger charge is 2.22. The fraction of sp³-hybridized carbons (Fsp3) is 0.273. The third kappa shape index (κ3) is 2.50. The SMILES string of the molecule is O=C(O)NCC1CC(c2ccccc2)=NO1. The topological polar surface area (TPSA) is 70.9 Å². The molecule has 0 aliphatic carbocycles. The van der Waals surface area contributed by atoms with E-state index in [4.69, 9.17) is 9.94 Å². The van der Waals surface area contributed by atoms with Crippen molar-refractivity contribution >= 4 is 11.8 Å². The van der Waals surface area contributed by atoms with Gasteiger partial charge in [0.15, 0.2) is 6.10 Å². The van der Waals surface area contributed by atoms with E-state index in [0.717, 1.165) is 11.3 Å². The summed E-state index contributed by atoms with van der Waals surface area (Å²) >= 11 is 0. The van der Waals surface area contributed by atoms with Crippen molar-refractivity contribution in [3.8, 4) is 0 Å². The molecule has 0 radical (unpaired) electrons. The molecule has 1 amide bonds. The molecule has 0 saturated carbocycles. The lowest BCUT2D eigenvalue weighted by atomic mass is 10.1. The van der Waals surface area contributed by atoms with Crippen molar-refractivity contribution in [1.29, 1.82) is 0 Å². The van der Waals surface area contributed by atoms with E-state index in [1.807, 2.05) is 30.3 Å². The molecule has 1 aliphatic heterocycles. The number of hydrogen-bond donors (Lipinski definition) is 2. The van der Waals surface area contributed by atoms with Crippen molar-refractivity contribution in [3.63, 3.8) is 0 Å². The Morgan fingerprint density at radius 3 is 2.94 bits per heavy atom. The van der Waals surface area contributed by atoms with Crippen molar-refractivity contribution in [3.05, 3.63) is 35.9 Å². The first-order chi connectivity index (χ1) is 7.75. The number of carbonyl (C=O) groups is 1. The van der Waals surface area contributed by atoms with Gasteiger partial charge in [0.05, 0.1) is 12.3 Å². The van der Waals surface area contributed by atoms with E-state index in [-0.39, 0.29) is 12.6 Å². The van der Waals surface area contributed by atoms with Crippen LogP contribution in [-0.4, -0.2) is 29.6 Å². The zero-order valence-electron chi connectivity index (χ0n) is 8.59.